The number of aliphatic hydroxyl groups is 1. The Balaban J connectivity index is 2.04. The number of hydrogen-bond donors (Lipinski definition) is 1. The molecule has 0 saturated carbocycles. The van der Waals surface area contributed by atoms with E-state index < -0.39 is 17.7 Å². The molecular formula is C26H32N2O5. The van der Waals surface area contributed by atoms with Crippen LogP contribution in [0.3, 0.4) is 0 Å². The Morgan fingerprint density at radius 3 is 2.45 bits per heavy atom. The summed E-state index contributed by atoms with van der Waals surface area (Å²) in [6, 6.07) is 13.4. The first-order valence-electron chi connectivity index (χ1n) is 11.2. The van der Waals surface area contributed by atoms with Gasteiger partial charge in [-0.3, -0.25) is 9.59 Å². The van der Waals surface area contributed by atoms with Crippen LogP contribution < -0.4 is 9.47 Å². The van der Waals surface area contributed by atoms with Crippen LogP contribution in [0, 0.1) is 0 Å². The number of amides is 1. The molecule has 0 radical (unpaired) electrons. The van der Waals surface area contributed by atoms with Gasteiger partial charge in [0, 0.05) is 12.1 Å². The van der Waals surface area contributed by atoms with E-state index in [9.17, 15) is 14.7 Å². The van der Waals surface area contributed by atoms with Gasteiger partial charge < -0.3 is 24.4 Å². The number of nitrogens with zero attached hydrogens (tertiary/aromatic N) is 2. The largest absolute Gasteiger partial charge is 0.507 e. The lowest BCUT2D eigenvalue weighted by Gasteiger charge is -2.26. The number of methoxy groups -OCH3 is 1. The smallest absolute Gasteiger partial charge is 0.295 e. The molecule has 2 aromatic rings. The Labute approximate surface area is 195 Å². The number of ketones is 1. The van der Waals surface area contributed by atoms with Crippen molar-refractivity contribution in [3.05, 3.63) is 65.2 Å². The van der Waals surface area contributed by atoms with E-state index in [2.05, 4.69) is 0 Å². The number of Topliss-reactive ketones (excluding diaryl/α,β-unsaturated/α-hetero) is 1. The molecule has 1 N–H and O–H groups in total. The fraction of sp³-hybridized carbons (Fsp3) is 0.385. The maximum absolute atomic E-state index is 13.1. The molecule has 7 nitrogen and oxygen atoms in total. The van der Waals surface area contributed by atoms with Gasteiger partial charge in [-0.15, -0.1) is 0 Å². The minimum absolute atomic E-state index is 0.0836. The summed E-state index contributed by atoms with van der Waals surface area (Å²) in [4.78, 5) is 29.7. The molecule has 1 unspecified atom stereocenters. The Hall–Kier alpha value is -3.32. The second-order valence-electron chi connectivity index (χ2n) is 8.30. The first-order valence-corrected chi connectivity index (χ1v) is 11.2. The number of likely N-dealkylation sites (tertiary alicyclic amines) is 1. The lowest BCUT2D eigenvalue weighted by atomic mass is 9.95. The monoisotopic (exact) mass is 452 g/mol. The number of hydrogen-bond acceptors (Lipinski definition) is 6. The van der Waals surface area contributed by atoms with Crippen LogP contribution in [0.5, 0.6) is 11.5 Å². The molecule has 0 bridgehead atoms. The minimum Gasteiger partial charge on any atom is -0.507 e. The van der Waals surface area contributed by atoms with Crippen LogP contribution in [-0.4, -0.2) is 67.5 Å². The second-order valence-corrected chi connectivity index (χ2v) is 8.30. The molecule has 1 aliphatic heterocycles. The number of ether oxygens (including phenoxy) is 2. The zero-order valence-electron chi connectivity index (χ0n) is 19.7. The predicted molar refractivity (Wildman–Crippen MR) is 127 cm³/mol. The van der Waals surface area contributed by atoms with Gasteiger partial charge in [0.2, 0.25) is 0 Å². The van der Waals surface area contributed by atoms with Gasteiger partial charge in [-0.1, -0.05) is 19.1 Å². The topological polar surface area (TPSA) is 79.3 Å². The van der Waals surface area contributed by atoms with Crippen LogP contribution in [0.15, 0.2) is 54.1 Å². The maximum Gasteiger partial charge on any atom is 0.295 e. The molecule has 1 heterocycles. The first-order chi connectivity index (χ1) is 15.9. The Kier molecular flexibility index (Phi) is 8.11. The van der Waals surface area contributed by atoms with Crippen molar-refractivity contribution in [3.8, 4) is 11.5 Å². The van der Waals surface area contributed by atoms with Crippen molar-refractivity contribution in [3.63, 3.8) is 0 Å². The third kappa shape index (κ3) is 5.54. The van der Waals surface area contributed by atoms with Gasteiger partial charge in [-0.05, 0) is 75.4 Å². The van der Waals surface area contributed by atoms with E-state index >= 15 is 0 Å². The summed E-state index contributed by atoms with van der Waals surface area (Å²) < 4.78 is 11.0. The van der Waals surface area contributed by atoms with Gasteiger partial charge in [0.05, 0.1) is 25.3 Å². The van der Waals surface area contributed by atoms with Gasteiger partial charge in [0.1, 0.15) is 17.3 Å². The molecule has 1 amide bonds. The van der Waals surface area contributed by atoms with E-state index in [4.69, 9.17) is 9.47 Å². The molecule has 1 saturated heterocycles. The Morgan fingerprint density at radius 1 is 1.09 bits per heavy atom. The van der Waals surface area contributed by atoms with Crippen molar-refractivity contribution >= 4 is 17.4 Å². The van der Waals surface area contributed by atoms with Crippen molar-refractivity contribution < 1.29 is 24.2 Å². The summed E-state index contributed by atoms with van der Waals surface area (Å²) >= 11 is 0. The van der Waals surface area contributed by atoms with E-state index in [1.54, 1.807) is 48.4 Å². The number of carbonyl (C=O) groups excluding carboxylic acids is 2. The molecule has 2 aromatic carbocycles. The molecule has 3 rings (SSSR count). The molecule has 1 fully saturated rings. The Morgan fingerprint density at radius 2 is 1.82 bits per heavy atom. The van der Waals surface area contributed by atoms with Crippen LogP contribution in [0.1, 0.15) is 36.9 Å². The quantitative estimate of drug-likeness (QED) is 0.335. The zero-order chi connectivity index (χ0) is 24.0. The van der Waals surface area contributed by atoms with Crippen LogP contribution in [0.4, 0.5) is 0 Å². The van der Waals surface area contributed by atoms with Gasteiger partial charge in [0.25, 0.3) is 11.7 Å². The Bertz CT molecular complexity index is 1010. The molecule has 1 atom stereocenters. The van der Waals surface area contributed by atoms with E-state index in [-0.39, 0.29) is 11.3 Å². The summed E-state index contributed by atoms with van der Waals surface area (Å²) in [6.07, 6.45) is 1.59. The summed E-state index contributed by atoms with van der Waals surface area (Å²) in [5.41, 5.74) is 1.25. The second kappa shape index (κ2) is 11.0. The zero-order valence-corrected chi connectivity index (χ0v) is 19.7. The lowest BCUT2D eigenvalue weighted by Crippen LogP contribution is -2.32. The molecule has 0 aromatic heterocycles. The fourth-order valence-corrected chi connectivity index (χ4v) is 3.91. The normalized spacial score (nSPS) is 17.6. The summed E-state index contributed by atoms with van der Waals surface area (Å²) in [5, 5.41) is 11.2. The molecular weight excluding hydrogens is 420 g/mol. The fourth-order valence-electron chi connectivity index (χ4n) is 3.91. The summed E-state index contributed by atoms with van der Waals surface area (Å²) in [6.45, 7) is 3.79. The number of aliphatic hydroxyl groups excluding tert-OH is 1. The van der Waals surface area contributed by atoms with Gasteiger partial charge >= 0.3 is 0 Å². The van der Waals surface area contributed by atoms with E-state index in [1.165, 1.54) is 0 Å². The highest BCUT2D eigenvalue weighted by molar-refractivity contribution is 6.46. The third-order valence-electron chi connectivity index (χ3n) is 5.55. The van der Waals surface area contributed by atoms with Gasteiger partial charge in [-0.2, -0.15) is 0 Å². The SMILES string of the molecule is CCCOc1ccc(/C(O)=C2/C(=O)C(=O)N(CCCN(C)C)C2c2cccc(OC)c2)cc1. The molecule has 7 heteroatoms. The molecule has 0 spiro atoms. The van der Waals surface area contributed by atoms with Crippen molar-refractivity contribution in [1.82, 2.24) is 9.80 Å². The van der Waals surface area contributed by atoms with Crippen LogP contribution in [0.25, 0.3) is 5.76 Å². The minimum atomic E-state index is -0.696. The highest BCUT2D eigenvalue weighted by Gasteiger charge is 2.45. The lowest BCUT2D eigenvalue weighted by molar-refractivity contribution is -0.139. The average molecular weight is 453 g/mol. The standard InChI is InChI=1S/C26H32N2O5/c1-5-16-33-20-12-10-18(11-13-20)24(29)22-23(19-8-6-9-21(17-19)32-4)28(26(31)25(22)30)15-7-14-27(2)3/h6,8-13,17,23,29H,5,7,14-16H2,1-4H3/b24-22-. The third-order valence-corrected chi connectivity index (χ3v) is 5.55. The van der Waals surface area contributed by atoms with Gasteiger partial charge in [-0.25, -0.2) is 0 Å². The molecule has 176 valence electrons. The molecule has 0 aliphatic carbocycles. The van der Waals surface area contributed by atoms with Crippen molar-refractivity contribution in [2.45, 2.75) is 25.8 Å². The predicted octanol–water partition coefficient (Wildman–Crippen LogP) is 3.86. The van der Waals surface area contributed by atoms with Crippen LogP contribution in [-0.2, 0) is 9.59 Å². The van der Waals surface area contributed by atoms with E-state index in [0.717, 1.165) is 13.0 Å². The van der Waals surface area contributed by atoms with E-state index in [1.807, 2.05) is 38.1 Å². The highest BCUT2D eigenvalue weighted by Crippen LogP contribution is 2.40. The first kappa shape index (κ1) is 24.3. The van der Waals surface area contributed by atoms with Gasteiger partial charge in [0.15, 0.2) is 0 Å². The van der Waals surface area contributed by atoms with Crippen LogP contribution >= 0.6 is 0 Å². The van der Waals surface area contributed by atoms with Crippen molar-refractivity contribution in [2.24, 2.45) is 0 Å². The summed E-state index contributed by atoms with van der Waals surface area (Å²) in [5.74, 6) is -0.188. The maximum atomic E-state index is 13.1. The van der Waals surface area contributed by atoms with E-state index in [0.29, 0.717) is 42.2 Å². The number of benzene rings is 2. The summed E-state index contributed by atoms with van der Waals surface area (Å²) in [7, 11) is 5.48. The van der Waals surface area contributed by atoms with Crippen molar-refractivity contribution in [2.75, 3.05) is 40.9 Å². The molecule has 33 heavy (non-hydrogen) atoms. The molecule has 1 aliphatic rings. The number of carbonyl (C=O) groups is 2. The van der Waals surface area contributed by atoms with Crippen molar-refractivity contribution in [1.29, 1.82) is 0 Å². The number of rotatable bonds is 10. The average Bonchev–Trinajstić information content (AvgIpc) is 3.07. The highest BCUT2D eigenvalue weighted by atomic mass is 16.5. The van der Waals surface area contributed by atoms with Crippen LogP contribution in [0.2, 0.25) is 0 Å².